The summed E-state index contributed by atoms with van der Waals surface area (Å²) >= 11 is 5.89. The van der Waals surface area contributed by atoms with Crippen molar-refractivity contribution < 1.29 is 4.79 Å². The smallest absolute Gasteiger partial charge is 0.229 e. The highest BCUT2D eigenvalue weighted by molar-refractivity contribution is 6.19. The predicted octanol–water partition coefficient (Wildman–Crippen LogP) is 1.60. The molecule has 0 radical (unpaired) electrons. The van der Waals surface area contributed by atoms with Crippen LogP contribution in [0.1, 0.15) is 33.1 Å². The number of piperidine rings is 1. The molecule has 0 aliphatic carbocycles. The molecular weight excluding hydrogens is 224 g/mol. The van der Waals surface area contributed by atoms with Crippen LogP contribution in [-0.4, -0.2) is 41.9 Å². The summed E-state index contributed by atoms with van der Waals surface area (Å²) in [4.78, 5) is 14.5. The molecule has 2 aliphatic rings. The number of hydrogen-bond acceptors (Lipinski definition) is 2. The Balaban J connectivity index is 2.11. The van der Waals surface area contributed by atoms with Gasteiger partial charge in [-0.3, -0.25) is 4.79 Å². The fraction of sp³-hybridized carbons (Fsp3) is 0.917. The van der Waals surface area contributed by atoms with E-state index in [1.165, 1.54) is 6.42 Å². The first-order valence-corrected chi connectivity index (χ1v) is 6.70. The van der Waals surface area contributed by atoms with Crippen molar-refractivity contribution in [3.8, 4) is 0 Å². The zero-order chi connectivity index (χ0) is 11.8. The van der Waals surface area contributed by atoms with E-state index >= 15 is 0 Å². The number of nitrogens with zero attached hydrogens (tertiary/aromatic N) is 1. The summed E-state index contributed by atoms with van der Waals surface area (Å²) < 4.78 is 0. The maximum absolute atomic E-state index is 12.4. The molecule has 1 amide bonds. The largest absolute Gasteiger partial charge is 0.338 e. The quantitative estimate of drug-likeness (QED) is 0.749. The van der Waals surface area contributed by atoms with Gasteiger partial charge < -0.3 is 10.2 Å². The van der Waals surface area contributed by atoms with Gasteiger partial charge >= 0.3 is 0 Å². The lowest BCUT2D eigenvalue weighted by molar-refractivity contribution is -0.143. The van der Waals surface area contributed by atoms with Crippen LogP contribution in [0.2, 0.25) is 0 Å². The second-order valence-electron chi connectivity index (χ2n) is 5.57. The molecule has 2 heterocycles. The molecule has 0 bridgehead atoms. The van der Waals surface area contributed by atoms with Gasteiger partial charge in [0, 0.05) is 24.5 Å². The summed E-state index contributed by atoms with van der Waals surface area (Å²) in [5, 5.41) is 3.49. The van der Waals surface area contributed by atoms with Crippen LogP contribution in [0, 0.1) is 5.41 Å². The molecule has 4 heteroatoms. The topological polar surface area (TPSA) is 32.3 Å². The number of likely N-dealkylation sites (tertiary alicyclic amines) is 1. The zero-order valence-electron chi connectivity index (χ0n) is 10.1. The van der Waals surface area contributed by atoms with Crippen LogP contribution in [0.4, 0.5) is 0 Å². The molecule has 2 fully saturated rings. The summed E-state index contributed by atoms with van der Waals surface area (Å²) in [6, 6.07) is 0.924. The molecule has 0 spiro atoms. The molecule has 0 aromatic carbocycles. The standard InChI is InChI=1S/C12H21ClN2O/c1-12(2,8-13)11(16)15-7-3-4-9-10(15)5-6-14-9/h9-10,14H,3-8H2,1-2H3. The highest BCUT2D eigenvalue weighted by Gasteiger charge is 2.41. The molecule has 3 nitrogen and oxygen atoms in total. The third kappa shape index (κ3) is 2.07. The Morgan fingerprint density at radius 3 is 2.94 bits per heavy atom. The van der Waals surface area contributed by atoms with Gasteiger partial charge in [0.1, 0.15) is 0 Å². The van der Waals surface area contributed by atoms with E-state index in [1.807, 2.05) is 13.8 Å². The van der Waals surface area contributed by atoms with Crippen LogP contribution < -0.4 is 5.32 Å². The Kier molecular flexibility index (Phi) is 3.45. The van der Waals surface area contributed by atoms with Crippen molar-refractivity contribution in [1.29, 1.82) is 0 Å². The summed E-state index contributed by atoms with van der Waals surface area (Å²) in [7, 11) is 0. The van der Waals surface area contributed by atoms with Gasteiger partial charge in [-0.25, -0.2) is 0 Å². The van der Waals surface area contributed by atoms with Crippen molar-refractivity contribution in [2.45, 2.75) is 45.2 Å². The Bertz CT molecular complexity index is 280. The lowest BCUT2D eigenvalue weighted by Crippen LogP contribution is -2.54. The van der Waals surface area contributed by atoms with Crippen LogP contribution >= 0.6 is 11.6 Å². The third-order valence-corrected chi connectivity index (χ3v) is 4.47. The fourth-order valence-electron chi connectivity index (χ4n) is 2.77. The van der Waals surface area contributed by atoms with E-state index < -0.39 is 5.41 Å². The molecule has 1 N–H and O–H groups in total. The van der Waals surface area contributed by atoms with Crippen molar-refractivity contribution >= 4 is 17.5 Å². The molecule has 2 unspecified atom stereocenters. The zero-order valence-corrected chi connectivity index (χ0v) is 10.9. The summed E-state index contributed by atoms with van der Waals surface area (Å²) in [6.45, 7) is 5.82. The number of alkyl halides is 1. The first-order valence-electron chi connectivity index (χ1n) is 6.17. The second-order valence-corrected chi connectivity index (χ2v) is 5.84. The Morgan fingerprint density at radius 1 is 1.50 bits per heavy atom. The van der Waals surface area contributed by atoms with Gasteiger partial charge in [-0.2, -0.15) is 0 Å². The summed E-state index contributed by atoms with van der Waals surface area (Å²) in [5.41, 5.74) is -0.425. The normalized spacial score (nSPS) is 30.3. The molecule has 0 saturated carbocycles. The number of fused-ring (bicyclic) bond motifs is 1. The van der Waals surface area contributed by atoms with Crippen molar-refractivity contribution in [2.24, 2.45) is 5.41 Å². The number of amides is 1. The van der Waals surface area contributed by atoms with Crippen LogP contribution in [0.5, 0.6) is 0 Å². The van der Waals surface area contributed by atoms with E-state index in [9.17, 15) is 4.79 Å². The number of hydrogen-bond donors (Lipinski definition) is 1. The maximum Gasteiger partial charge on any atom is 0.229 e. The van der Waals surface area contributed by atoms with Crippen LogP contribution in [0.25, 0.3) is 0 Å². The maximum atomic E-state index is 12.4. The van der Waals surface area contributed by atoms with E-state index in [-0.39, 0.29) is 5.91 Å². The molecule has 2 atom stereocenters. The second kappa shape index (κ2) is 4.53. The monoisotopic (exact) mass is 244 g/mol. The first-order chi connectivity index (χ1) is 7.56. The van der Waals surface area contributed by atoms with E-state index in [0.29, 0.717) is 18.0 Å². The minimum Gasteiger partial charge on any atom is -0.338 e. The van der Waals surface area contributed by atoms with Crippen molar-refractivity contribution in [2.75, 3.05) is 19.0 Å². The lowest BCUT2D eigenvalue weighted by atomic mass is 9.90. The van der Waals surface area contributed by atoms with E-state index in [1.54, 1.807) is 0 Å². The molecular formula is C12H21ClN2O. The van der Waals surface area contributed by atoms with Crippen LogP contribution in [0.3, 0.4) is 0 Å². The number of carbonyl (C=O) groups excluding carboxylic acids is 1. The predicted molar refractivity (Wildman–Crippen MR) is 65.6 cm³/mol. The number of rotatable bonds is 2. The Morgan fingerprint density at radius 2 is 2.25 bits per heavy atom. The van der Waals surface area contributed by atoms with Crippen molar-refractivity contribution in [1.82, 2.24) is 10.2 Å². The molecule has 2 aliphatic heterocycles. The minimum atomic E-state index is -0.425. The third-order valence-electron chi connectivity index (χ3n) is 3.80. The number of carbonyl (C=O) groups is 1. The van der Waals surface area contributed by atoms with Gasteiger partial charge in [0.2, 0.25) is 5.91 Å². The molecule has 92 valence electrons. The molecule has 0 aromatic heterocycles. The first kappa shape index (κ1) is 12.2. The van der Waals surface area contributed by atoms with Gasteiger partial charge in [0.15, 0.2) is 0 Å². The summed E-state index contributed by atoms with van der Waals surface area (Å²) in [5.74, 6) is 0.619. The average molecular weight is 245 g/mol. The SMILES string of the molecule is CC(C)(CCl)C(=O)N1CCCC2NCCC21. The molecule has 2 rings (SSSR count). The van der Waals surface area contributed by atoms with Gasteiger partial charge in [0.05, 0.1) is 5.41 Å². The van der Waals surface area contributed by atoms with E-state index in [2.05, 4.69) is 10.2 Å². The van der Waals surface area contributed by atoms with Gasteiger partial charge in [-0.1, -0.05) is 0 Å². The van der Waals surface area contributed by atoms with Crippen molar-refractivity contribution in [3.63, 3.8) is 0 Å². The highest BCUT2D eigenvalue weighted by Crippen LogP contribution is 2.29. The number of halogens is 1. The number of nitrogens with one attached hydrogen (secondary N) is 1. The molecule has 16 heavy (non-hydrogen) atoms. The fourth-order valence-corrected chi connectivity index (χ4v) is 2.88. The molecule has 0 aromatic rings. The van der Waals surface area contributed by atoms with Gasteiger partial charge in [-0.05, 0) is 39.7 Å². The summed E-state index contributed by atoms with van der Waals surface area (Å²) in [6.07, 6.45) is 3.41. The molecule has 2 saturated heterocycles. The van der Waals surface area contributed by atoms with Gasteiger partial charge in [-0.15, -0.1) is 11.6 Å². The Labute approximate surface area is 103 Å². The lowest BCUT2D eigenvalue weighted by Gasteiger charge is -2.41. The Hall–Kier alpha value is -0.280. The minimum absolute atomic E-state index is 0.223. The van der Waals surface area contributed by atoms with Crippen LogP contribution in [0.15, 0.2) is 0 Å². The highest BCUT2D eigenvalue weighted by atomic mass is 35.5. The van der Waals surface area contributed by atoms with Gasteiger partial charge in [0.25, 0.3) is 0 Å². The van der Waals surface area contributed by atoms with Crippen LogP contribution in [-0.2, 0) is 4.79 Å². The van der Waals surface area contributed by atoms with E-state index in [4.69, 9.17) is 11.6 Å². The average Bonchev–Trinajstić information content (AvgIpc) is 2.75. The van der Waals surface area contributed by atoms with E-state index in [0.717, 1.165) is 25.9 Å². The van der Waals surface area contributed by atoms with Crippen molar-refractivity contribution in [3.05, 3.63) is 0 Å².